The van der Waals surface area contributed by atoms with Crippen molar-refractivity contribution in [3.8, 4) is 6.07 Å². The summed E-state index contributed by atoms with van der Waals surface area (Å²) in [7, 11) is 0. The highest BCUT2D eigenvalue weighted by atomic mass is 32.2. The van der Waals surface area contributed by atoms with Gasteiger partial charge in [-0.15, -0.1) is 0 Å². The maximum atomic E-state index is 8.71. The third-order valence-corrected chi connectivity index (χ3v) is 2.45. The van der Waals surface area contributed by atoms with Gasteiger partial charge >= 0.3 is 0 Å². The molecule has 74 valence electrons. The molecule has 0 amide bonds. The fourth-order valence-electron chi connectivity index (χ4n) is 1.00. The molecule has 0 aliphatic heterocycles. The third kappa shape index (κ3) is 2.36. The second-order valence-corrected chi connectivity index (χ2v) is 3.82. The number of hydrogen-bond acceptors (Lipinski definition) is 5. The van der Waals surface area contributed by atoms with Gasteiger partial charge in [0.1, 0.15) is 11.3 Å². The Hall–Kier alpha value is -1.80. The minimum atomic E-state index is 0.537. The predicted octanol–water partition coefficient (Wildman–Crippen LogP) is 2.40. The van der Waals surface area contributed by atoms with Crippen LogP contribution in [0.1, 0.15) is 11.3 Å². The van der Waals surface area contributed by atoms with Crippen LogP contribution in [0.4, 0.5) is 0 Å². The second kappa shape index (κ2) is 4.15. The summed E-state index contributed by atoms with van der Waals surface area (Å²) in [5, 5.41) is 9.95. The lowest BCUT2D eigenvalue weighted by Crippen LogP contribution is -1.82. The molecule has 0 N–H and O–H groups in total. The van der Waals surface area contributed by atoms with E-state index in [-0.39, 0.29) is 0 Å². The third-order valence-electron chi connectivity index (χ3n) is 1.65. The molecular formula is C10H7N3OS. The van der Waals surface area contributed by atoms with Gasteiger partial charge in [0.2, 0.25) is 0 Å². The Morgan fingerprint density at radius 1 is 1.53 bits per heavy atom. The topological polar surface area (TPSA) is 62.7 Å². The lowest BCUT2D eigenvalue weighted by Gasteiger charge is -1.95. The summed E-state index contributed by atoms with van der Waals surface area (Å²) >= 11 is 1.30. The van der Waals surface area contributed by atoms with Crippen molar-refractivity contribution in [2.24, 2.45) is 0 Å². The van der Waals surface area contributed by atoms with Crippen LogP contribution in [0.15, 0.2) is 39.3 Å². The highest BCUT2D eigenvalue weighted by Gasteiger charge is 2.05. The van der Waals surface area contributed by atoms with E-state index < -0.39 is 0 Å². The molecule has 2 heterocycles. The Labute approximate surface area is 91.0 Å². The summed E-state index contributed by atoms with van der Waals surface area (Å²) in [6.07, 6.45) is 3.17. The van der Waals surface area contributed by atoms with Crippen LogP contribution in [0, 0.1) is 18.3 Å². The maximum absolute atomic E-state index is 8.71. The van der Waals surface area contributed by atoms with Crippen molar-refractivity contribution in [2.45, 2.75) is 17.2 Å². The van der Waals surface area contributed by atoms with Crippen LogP contribution in [0.3, 0.4) is 0 Å². The first-order valence-electron chi connectivity index (χ1n) is 4.24. The van der Waals surface area contributed by atoms with Crippen LogP contribution in [0.2, 0.25) is 0 Å². The lowest BCUT2D eigenvalue weighted by atomic mass is 10.3. The average Bonchev–Trinajstić information content (AvgIpc) is 2.64. The first kappa shape index (κ1) is 9.74. The van der Waals surface area contributed by atoms with E-state index in [1.54, 1.807) is 24.6 Å². The van der Waals surface area contributed by atoms with E-state index in [1.807, 2.05) is 6.92 Å². The fourth-order valence-corrected chi connectivity index (χ4v) is 1.77. The summed E-state index contributed by atoms with van der Waals surface area (Å²) in [5.41, 5.74) is 1.41. The number of oxazole rings is 1. The molecule has 0 aliphatic rings. The number of nitriles is 1. The molecule has 5 heteroatoms. The Balaban J connectivity index is 2.21. The van der Waals surface area contributed by atoms with E-state index >= 15 is 0 Å². The SMILES string of the molecule is Cc1coc(Sc2cc(C#N)ccn2)n1. The summed E-state index contributed by atoms with van der Waals surface area (Å²) in [4.78, 5) is 8.24. The molecule has 2 aromatic heterocycles. The highest BCUT2D eigenvalue weighted by molar-refractivity contribution is 7.99. The number of aromatic nitrogens is 2. The lowest BCUT2D eigenvalue weighted by molar-refractivity contribution is 0.454. The standard InChI is InChI=1S/C10H7N3OS/c1-7-6-14-10(13-7)15-9-4-8(5-11)2-3-12-9/h2-4,6H,1H3. The first-order chi connectivity index (χ1) is 7.28. The van der Waals surface area contributed by atoms with Crippen LogP contribution in [0.25, 0.3) is 0 Å². The molecule has 0 spiro atoms. The van der Waals surface area contributed by atoms with Gasteiger partial charge in [-0.25, -0.2) is 9.97 Å². The number of rotatable bonds is 2. The van der Waals surface area contributed by atoms with Crippen LogP contribution in [0.5, 0.6) is 0 Å². The number of pyridine rings is 1. The van der Waals surface area contributed by atoms with E-state index in [0.717, 1.165) is 5.69 Å². The minimum absolute atomic E-state index is 0.537. The molecule has 2 aromatic rings. The van der Waals surface area contributed by atoms with Crippen molar-refractivity contribution in [3.05, 3.63) is 35.9 Å². The second-order valence-electron chi connectivity index (χ2n) is 2.85. The molecule has 0 saturated heterocycles. The first-order valence-corrected chi connectivity index (χ1v) is 5.06. The molecule has 0 saturated carbocycles. The van der Waals surface area contributed by atoms with Crippen molar-refractivity contribution in [1.82, 2.24) is 9.97 Å². The van der Waals surface area contributed by atoms with Crippen molar-refractivity contribution in [2.75, 3.05) is 0 Å². The smallest absolute Gasteiger partial charge is 0.262 e. The zero-order valence-corrected chi connectivity index (χ0v) is 8.78. The summed E-state index contributed by atoms with van der Waals surface area (Å²) < 4.78 is 5.17. The van der Waals surface area contributed by atoms with E-state index in [1.165, 1.54) is 11.8 Å². The van der Waals surface area contributed by atoms with Crippen LogP contribution < -0.4 is 0 Å². The van der Waals surface area contributed by atoms with Crippen molar-refractivity contribution in [1.29, 1.82) is 5.26 Å². The zero-order valence-electron chi connectivity index (χ0n) is 7.97. The van der Waals surface area contributed by atoms with E-state index in [4.69, 9.17) is 9.68 Å². The minimum Gasteiger partial charge on any atom is -0.439 e. The van der Waals surface area contributed by atoms with Gasteiger partial charge < -0.3 is 4.42 Å². The number of hydrogen-bond donors (Lipinski definition) is 0. The van der Waals surface area contributed by atoms with Gasteiger partial charge in [0.25, 0.3) is 5.22 Å². The van der Waals surface area contributed by atoms with Gasteiger partial charge in [-0.05, 0) is 30.8 Å². The van der Waals surface area contributed by atoms with E-state index in [2.05, 4.69) is 16.0 Å². The normalized spacial score (nSPS) is 9.87. The largest absolute Gasteiger partial charge is 0.439 e. The van der Waals surface area contributed by atoms with Crippen LogP contribution >= 0.6 is 11.8 Å². The monoisotopic (exact) mass is 217 g/mol. The van der Waals surface area contributed by atoms with Crippen LogP contribution in [-0.4, -0.2) is 9.97 Å². The van der Waals surface area contributed by atoms with E-state index in [9.17, 15) is 0 Å². The molecule has 0 atom stereocenters. The van der Waals surface area contributed by atoms with E-state index in [0.29, 0.717) is 15.8 Å². The Morgan fingerprint density at radius 2 is 2.40 bits per heavy atom. The van der Waals surface area contributed by atoms with Gasteiger partial charge in [-0.1, -0.05) is 0 Å². The molecule has 15 heavy (non-hydrogen) atoms. The van der Waals surface area contributed by atoms with Crippen molar-refractivity contribution in [3.63, 3.8) is 0 Å². The maximum Gasteiger partial charge on any atom is 0.262 e. The highest BCUT2D eigenvalue weighted by Crippen LogP contribution is 2.25. The molecule has 0 radical (unpaired) electrons. The molecule has 0 bridgehead atoms. The summed E-state index contributed by atoms with van der Waals surface area (Å²) in [5.74, 6) is 0. The van der Waals surface area contributed by atoms with Gasteiger partial charge in [-0.3, -0.25) is 0 Å². The van der Waals surface area contributed by atoms with Crippen molar-refractivity contribution < 1.29 is 4.42 Å². The Morgan fingerprint density at radius 3 is 3.07 bits per heavy atom. The molecule has 2 rings (SSSR count). The van der Waals surface area contributed by atoms with Crippen molar-refractivity contribution >= 4 is 11.8 Å². The van der Waals surface area contributed by atoms with Gasteiger partial charge in [0.15, 0.2) is 0 Å². The van der Waals surface area contributed by atoms with Crippen LogP contribution in [-0.2, 0) is 0 Å². The molecule has 0 fully saturated rings. The Kier molecular flexibility index (Phi) is 2.70. The molecule has 4 nitrogen and oxygen atoms in total. The molecule has 0 aliphatic carbocycles. The van der Waals surface area contributed by atoms with Gasteiger partial charge in [-0.2, -0.15) is 5.26 Å². The molecule has 0 unspecified atom stereocenters. The molecular weight excluding hydrogens is 210 g/mol. The summed E-state index contributed by atoms with van der Waals surface area (Å²) in [6, 6.07) is 5.41. The Bertz CT molecular complexity index is 515. The fraction of sp³-hybridized carbons (Fsp3) is 0.100. The van der Waals surface area contributed by atoms with Gasteiger partial charge in [0.05, 0.1) is 17.3 Å². The number of nitrogens with zero attached hydrogens (tertiary/aromatic N) is 3. The summed E-state index contributed by atoms with van der Waals surface area (Å²) in [6.45, 7) is 1.85. The molecule has 0 aromatic carbocycles. The average molecular weight is 217 g/mol. The zero-order chi connectivity index (χ0) is 10.7. The van der Waals surface area contributed by atoms with Gasteiger partial charge in [0, 0.05) is 6.20 Å². The quantitative estimate of drug-likeness (QED) is 0.772. The number of aryl methyl sites for hydroxylation is 1. The predicted molar refractivity (Wildman–Crippen MR) is 54.3 cm³/mol.